The van der Waals surface area contributed by atoms with Crippen molar-refractivity contribution in [2.24, 2.45) is 0 Å². The molecule has 2 aromatic rings. The summed E-state index contributed by atoms with van der Waals surface area (Å²) in [6.45, 7) is 0.551. The van der Waals surface area contributed by atoms with Crippen molar-refractivity contribution in [2.45, 2.75) is 13.0 Å². The molecule has 0 fully saturated rings. The van der Waals surface area contributed by atoms with E-state index in [-0.39, 0.29) is 40.7 Å². The maximum atomic E-state index is 12.8. The molecule has 24 heavy (non-hydrogen) atoms. The quantitative estimate of drug-likeness (QED) is 0.578. The van der Waals surface area contributed by atoms with Crippen LogP contribution in [-0.4, -0.2) is 35.4 Å². The van der Waals surface area contributed by atoms with E-state index in [0.29, 0.717) is 6.54 Å². The number of amides is 1. The van der Waals surface area contributed by atoms with Crippen LogP contribution in [-0.2, 0) is 16.1 Å². The SMILES string of the molecule is COC(=O)CCN(Cc1ccccc1)C(=O)c1ccc(Cl)nc1Cl. The maximum absolute atomic E-state index is 12.8. The number of carbonyl (C=O) groups is 2. The first-order chi connectivity index (χ1) is 11.5. The molecular formula is C17H16Cl2N2O3. The normalized spacial score (nSPS) is 10.3. The van der Waals surface area contributed by atoms with Crippen LogP contribution in [0.5, 0.6) is 0 Å². The van der Waals surface area contributed by atoms with Crippen LogP contribution in [0.4, 0.5) is 0 Å². The van der Waals surface area contributed by atoms with Gasteiger partial charge in [-0.2, -0.15) is 0 Å². The van der Waals surface area contributed by atoms with Gasteiger partial charge in [0.2, 0.25) is 0 Å². The number of hydrogen-bond donors (Lipinski definition) is 0. The first kappa shape index (κ1) is 18.2. The van der Waals surface area contributed by atoms with Gasteiger partial charge in [0, 0.05) is 13.1 Å². The Labute approximate surface area is 150 Å². The second-order valence-corrected chi connectivity index (χ2v) is 5.76. The second-order valence-electron chi connectivity index (χ2n) is 5.01. The Morgan fingerprint density at radius 3 is 2.46 bits per heavy atom. The molecule has 126 valence electrons. The molecule has 0 saturated heterocycles. The molecule has 0 unspecified atom stereocenters. The lowest BCUT2D eigenvalue weighted by Gasteiger charge is -2.23. The van der Waals surface area contributed by atoms with Crippen molar-refractivity contribution in [3.63, 3.8) is 0 Å². The van der Waals surface area contributed by atoms with E-state index in [1.165, 1.54) is 24.1 Å². The zero-order valence-electron chi connectivity index (χ0n) is 13.0. The fourth-order valence-electron chi connectivity index (χ4n) is 2.13. The smallest absolute Gasteiger partial charge is 0.307 e. The summed E-state index contributed by atoms with van der Waals surface area (Å²) in [6.07, 6.45) is 0.0910. The summed E-state index contributed by atoms with van der Waals surface area (Å²) in [4.78, 5) is 29.6. The van der Waals surface area contributed by atoms with E-state index in [2.05, 4.69) is 9.72 Å². The molecule has 1 amide bonds. The Kier molecular flexibility index (Phi) is 6.58. The number of esters is 1. The molecule has 1 heterocycles. The third kappa shape index (κ3) is 4.94. The molecule has 0 aliphatic rings. The Morgan fingerprint density at radius 2 is 1.83 bits per heavy atom. The van der Waals surface area contributed by atoms with Gasteiger partial charge >= 0.3 is 5.97 Å². The first-order valence-corrected chi connectivity index (χ1v) is 7.99. The van der Waals surface area contributed by atoms with E-state index in [1.54, 1.807) is 0 Å². The number of aromatic nitrogens is 1. The summed E-state index contributed by atoms with van der Waals surface area (Å²) in [7, 11) is 1.31. The van der Waals surface area contributed by atoms with Crippen LogP contribution >= 0.6 is 23.2 Å². The number of rotatable bonds is 6. The van der Waals surface area contributed by atoms with Crippen LogP contribution in [0, 0.1) is 0 Å². The van der Waals surface area contributed by atoms with Crippen molar-refractivity contribution in [1.82, 2.24) is 9.88 Å². The van der Waals surface area contributed by atoms with Gasteiger partial charge in [0.05, 0.1) is 19.1 Å². The highest BCUT2D eigenvalue weighted by atomic mass is 35.5. The zero-order chi connectivity index (χ0) is 17.5. The molecule has 7 heteroatoms. The van der Waals surface area contributed by atoms with Crippen LogP contribution in [0.15, 0.2) is 42.5 Å². The Hall–Kier alpha value is -2.11. The fourth-order valence-corrected chi connectivity index (χ4v) is 2.55. The minimum Gasteiger partial charge on any atom is -0.469 e. The summed E-state index contributed by atoms with van der Waals surface area (Å²) in [6, 6.07) is 12.5. The maximum Gasteiger partial charge on any atom is 0.307 e. The average Bonchev–Trinajstić information content (AvgIpc) is 2.58. The lowest BCUT2D eigenvalue weighted by Crippen LogP contribution is -2.33. The summed E-state index contributed by atoms with van der Waals surface area (Å²) in [5.74, 6) is -0.710. The molecule has 2 rings (SSSR count). The topological polar surface area (TPSA) is 59.5 Å². The first-order valence-electron chi connectivity index (χ1n) is 7.23. The molecule has 0 aliphatic carbocycles. The van der Waals surface area contributed by atoms with E-state index in [1.807, 2.05) is 30.3 Å². The number of halogens is 2. The summed E-state index contributed by atoms with van der Waals surface area (Å²) in [5, 5.41) is 0.240. The van der Waals surface area contributed by atoms with E-state index in [0.717, 1.165) is 5.56 Å². The zero-order valence-corrected chi connectivity index (χ0v) is 14.5. The van der Waals surface area contributed by atoms with Gasteiger partial charge in [0.1, 0.15) is 10.3 Å². The molecule has 0 N–H and O–H groups in total. The number of methoxy groups -OCH3 is 1. The van der Waals surface area contributed by atoms with Gasteiger partial charge in [-0.05, 0) is 17.7 Å². The van der Waals surface area contributed by atoms with Crippen molar-refractivity contribution in [3.05, 3.63) is 63.9 Å². The van der Waals surface area contributed by atoms with Crippen LogP contribution in [0.3, 0.4) is 0 Å². The summed E-state index contributed by atoms with van der Waals surface area (Å²) < 4.78 is 4.64. The molecule has 0 spiro atoms. The molecule has 0 aliphatic heterocycles. The van der Waals surface area contributed by atoms with Gasteiger partial charge in [-0.3, -0.25) is 9.59 Å². The lowest BCUT2D eigenvalue weighted by atomic mass is 10.1. The highest BCUT2D eigenvalue weighted by molar-refractivity contribution is 6.34. The summed E-state index contributed by atoms with van der Waals surface area (Å²) >= 11 is 11.8. The van der Waals surface area contributed by atoms with E-state index in [9.17, 15) is 9.59 Å². The van der Waals surface area contributed by atoms with Gasteiger partial charge in [-0.25, -0.2) is 4.98 Å². The minimum absolute atomic E-state index is 0.0311. The third-order valence-electron chi connectivity index (χ3n) is 3.36. The standard InChI is InChI=1S/C17H16Cl2N2O3/c1-24-15(22)9-10-21(11-12-5-3-2-4-6-12)17(23)13-7-8-14(18)20-16(13)19/h2-8H,9-11H2,1H3. The largest absolute Gasteiger partial charge is 0.469 e. The predicted molar refractivity (Wildman–Crippen MR) is 92.1 cm³/mol. The molecule has 0 saturated carbocycles. The van der Waals surface area contributed by atoms with Crippen LogP contribution < -0.4 is 0 Å². The van der Waals surface area contributed by atoms with Crippen LogP contribution in [0.25, 0.3) is 0 Å². The van der Waals surface area contributed by atoms with Gasteiger partial charge in [0.15, 0.2) is 0 Å². The third-order valence-corrected chi connectivity index (χ3v) is 3.86. The second kappa shape index (κ2) is 8.66. The number of carbonyl (C=O) groups excluding carboxylic acids is 2. The Morgan fingerprint density at radius 1 is 1.12 bits per heavy atom. The van der Waals surface area contributed by atoms with E-state index < -0.39 is 0 Å². The Balaban J connectivity index is 2.22. The van der Waals surface area contributed by atoms with Crippen LogP contribution in [0.2, 0.25) is 10.3 Å². The number of ether oxygens (including phenoxy) is 1. The number of nitrogens with zero attached hydrogens (tertiary/aromatic N) is 2. The summed E-state index contributed by atoms with van der Waals surface area (Å²) in [5.41, 5.74) is 1.18. The van der Waals surface area contributed by atoms with Crippen molar-refractivity contribution in [3.8, 4) is 0 Å². The number of benzene rings is 1. The molecule has 1 aromatic heterocycles. The monoisotopic (exact) mass is 366 g/mol. The lowest BCUT2D eigenvalue weighted by molar-refractivity contribution is -0.140. The predicted octanol–water partition coefficient (Wildman–Crippen LogP) is 3.59. The van der Waals surface area contributed by atoms with Gasteiger partial charge < -0.3 is 9.64 Å². The van der Waals surface area contributed by atoms with Crippen molar-refractivity contribution >= 4 is 35.1 Å². The van der Waals surface area contributed by atoms with Crippen molar-refractivity contribution < 1.29 is 14.3 Å². The van der Waals surface area contributed by atoms with Crippen molar-refractivity contribution in [1.29, 1.82) is 0 Å². The molecule has 5 nitrogen and oxygen atoms in total. The highest BCUT2D eigenvalue weighted by Gasteiger charge is 2.20. The minimum atomic E-state index is -0.388. The molecule has 1 aromatic carbocycles. The molecule has 0 bridgehead atoms. The number of pyridine rings is 1. The Bertz CT molecular complexity index is 723. The molecular weight excluding hydrogens is 351 g/mol. The molecule has 0 atom stereocenters. The van der Waals surface area contributed by atoms with Crippen LogP contribution in [0.1, 0.15) is 22.3 Å². The fraction of sp³-hybridized carbons (Fsp3) is 0.235. The van der Waals surface area contributed by atoms with E-state index in [4.69, 9.17) is 23.2 Å². The average molecular weight is 367 g/mol. The van der Waals surface area contributed by atoms with Gasteiger partial charge in [-0.15, -0.1) is 0 Å². The number of hydrogen-bond acceptors (Lipinski definition) is 4. The van der Waals surface area contributed by atoms with Gasteiger partial charge in [-0.1, -0.05) is 53.5 Å². The van der Waals surface area contributed by atoms with Crippen molar-refractivity contribution in [2.75, 3.05) is 13.7 Å². The molecule has 0 radical (unpaired) electrons. The van der Waals surface area contributed by atoms with Gasteiger partial charge in [0.25, 0.3) is 5.91 Å². The highest BCUT2D eigenvalue weighted by Crippen LogP contribution is 2.20. The van der Waals surface area contributed by atoms with E-state index >= 15 is 0 Å².